The molecule has 0 radical (unpaired) electrons. The average Bonchev–Trinajstić information content (AvgIpc) is 3.15. The topological polar surface area (TPSA) is 57.6 Å². The van der Waals surface area contributed by atoms with Crippen molar-refractivity contribution in [2.75, 3.05) is 6.54 Å². The Hall–Kier alpha value is -2.47. The molecule has 26 heavy (non-hydrogen) atoms. The zero-order valence-electron chi connectivity index (χ0n) is 14.7. The van der Waals surface area contributed by atoms with Crippen LogP contribution in [0.15, 0.2) is 41.3 Å². The highest BCUT2D eigenvalue weighted by molar-refractivity contribution is 7.10. The first kappa shape index (κ1) is 18.3. The predicted octanol–water partition coefficient (Wildman–Crippen LogP) is 4.42. The SMILES string of the molecule is CCCCN1C(=O)C(=O)/C(=C(\O)c2ccc(F)cc2)C1c1sccc1C. The van der Waals surface area contributed by atoms with Gasteiger partial charge in [0.25, 0.3) is 11.7 Å². The van der Waals surface area contributed by atoms with E-state index >= 15 is 0 Å². The third kappa shape index (κ3) is 3.17. The zero-order chi connectivity index (χ0) is 18.8. The van der Waals surface area contributed by atoms with Crippen molar-refractivity contribution in [3.63, 3.8) is 0 Å². The van der Waals surface area contributed by atoms with E-state index in [1.807, 2.05) is 25.3 Å². The number of ketones is 1. The molecule has 0 spiro atoms. The zero-order valence-corrected chi connectivity index (χ0v) is 15.5. The van der Waals surface area contributed by atoms with E-state index in [-0.39, 0.29) is 11.3 Å². The first-order valence-electron chi connectivity index (χ1n) is 8.54. The van der Waals surface area contributed by atoms with Crippen LogP contribution < -0.4 is 0 Å². The number of thiophene rings is 1. The molecule has 1 saturated heterocycles. The van der Waals surface area contributed by atoms with Crippen LogP contribution in [0.1, 0.15) is 41.8 Å². The number of hydrogen-bond acceptors (Lipinski definition) is 4. The molecule has 0 bridgehead atoms. The van der Waals surface area contributed by atoms with E-state index in [9.17, 15) is 19.1 Å². The maximum Gasteiger partial charge on any atom is 0.295 e. The van der Waals surface area contributed by atoms with E-state index in [1.54, 1.807) is 4.90 Å². The Morgan fingerprint density at radius 3 is 2.50 bits per heavy atom. The number of carbonyl (C=O) groups excluding carboxylic acids is 2. The minimum atomic E-state index is -0.694. The van der Waals surface area contributed by atoms with E-state index in [0.29, 0.717) is 12.1 Å². The molecule has 1 aliphatic heterocycles. The van der Waals surface area contributed by atoms with Crippen LogP contribution in [0.3, 0.4) is 0 Å². The summed E-state index contributed by atoms with van der Waals surface area (Å²) in [6, 6.07) is 6.57. The maximum absolute atomic E-state index is 13.2. The molecule has 3 rings (SSSR count). The molecule has 1 unspecified atom stereocenters. The van der Waals surface area contributed by atoms with Gasteiger partial charge in [0.1, 0.15) is 11.6 Å². The van der Waals surface area contributed by atoms with Crippen molar-refractivity contribution in [3.8, 4) is 0 Å². The largest absolute Gasteiger partial charge is 0.507 e. The van der Waals surface area contributed by atoms with Gasteiger partial charge in [-0.3, -0.25) is 9.59 Å². The van der Waals surface area contributed by atoms with Crippen LogP contribution in [0.4, 0.5) is 4.39 Å². The molecular weight excluding hydrogens is 353 g/mol. The molecule has 2 aromatic rings. The van der Waals surface area contributed by atoms with Gasteiger partial charge in [0.05, 0.1) is 11.6 Å². The summed E-state index contributed by atoms with van der Waals surface area (Å²) in [4.78, 5) is 27.7. The van der Waals surface area contributed by atoms with Gasteiger partial charge in [0.15, 0.2) is 0 Å². The maximum atomic E-state index is 13.2. The first-order valence-corrected chi connectivity index (χ1v) is 9.42. The number of hydrogen-bond donors (Lipinski definition) is 1. The lowest BCUT2D eigenvalue weighted by atomic mass is 9.98. The van der Waals surface area contributed by atoms with Crippen LogP contribution in [0.2, 0.25) is 0 Å². The van der Waals surface area contributed by atoms with Crippen LogP contribution in [-0.2, 0) is 9.59 Å². The fraction of sp³-hybridized carbons (Fsp3) is 0.300. The van der Waals surface area contributed by atoms with Crippen LogP contribution >= 0.6 is 11.3 Å². The minimum absolute atomic E-state index is 0.0725. The lowest BCUT2D eigenvalue weighted by Crippen LogP contribution is -2.30. The smallest absolute Gasteiger partial charge is 0.295 e. The Morgan fingerprint density at radius 1 is 1.23 bits per heavy atom. The van der Waals surface area contributed by atoms with Crippen molar-refractivity contribution in [2.45, 2.75) is 32.7 Å². The molecule has 6 heteroatoms. The molecule has 1 aliphatic rings. The predicted molar refractivity (Wildman–Crippen MR) is 99.4 cm³/mol. The molecule has 0 saturated carbocycles. The van der Waals surface area contributed by atoms with E-state index < -0.39 is 23.5 Å². The van der Waals surface area contributed by atoms with E-state index in [4.69, 9.17) is 0 Å². The number of unbranched alkanes of at least 4 members (excludes halogenated alkanes) is 1. The van der Waals surface area contributed by atoms with Gasteiger partial charge in [0, 0.05) is 17.0 Å². The van der Waals surface area contributed by atoms with Crippen molar-refractivity contribution in [1.29, 1.82) is 0 Å². The highest BCUT2D eigenvalue weighted by Gasteiger charge is 2.46. The number of aryl methyl sites for hydroxylation is 1. The second-order valence-corrected chi connectivity index (χ2v) is 7.27. The summed E-state index contributed by atoms with van der Waals surface area (Å²) in [5.74, 6) is -1.99. The lowest BCUT2D eigenvalue weighted by molar-refractivity contribution is -0.139. The number of aliphatic hydroxyl groups excluding tert-OH is 1. The van der Waals surface area contributed by atoms with Crippen molar-refractivity contribution in [3.05, 3.63) is 63.1 Å². The van der Waals surface area contributed by atoms with Gasteiger partial charge in [0.2, 0.25) is 0 Å². The van der Waals surface area contributed by atoms with Crippen molar-refractivity contribution in [1.82, 2.24) is 4.90 Å². The highest BCUT2D eigenvalue weighted by Crippen LogP contribution is 2.42. The molecule has 1 amide bonds. The van der Waals surface area contributed by atoms with Gasteiger partial charge in [-0.15, -0.1) is 11.3 Å². The first-order chi connectivity index (χ1) is 12.5. The molecule has 4 nitrogen and oxygen atoms in total. The summed E-state index contributed by atoms with van der Waals surface area (Å²) in [6.45, 7) is 4.38. The monoisotopic (exact) mass is 373 g/mol. The molecular formula is C20H20FNO3S. The van der Waals surface area contributed by atoms with Gasteiger partial charge in [-0.05, 0) is 54.6 Å². The number of carbonyl (C=O) groups is 2. The normalized spacial score (nSPS) is 19.3. The van der Waals surface area contributed by atoms with E-state index in [1.165, 1.54) is 35.6 Å². The highest BCUT2D eigenvalue weighted by atomic mass is 32.1. The quantitative estimate of drug-likeness (QED) is 0.480. The molecule has 1 atom stereocenters. The molecule has 1 N–H and O–H groups in total. The summed E-state index contributed by atoms with van der Waals surface area (Å²) in [5.41, 5.74) is 1.36. The fourth-order valence-corrected chi connectivity index (χ4v) is 4.19. The minimum Gasteiger partial charge on any atom is -0.507 e. The number of rotatable bonds is 5. The summed E-state index contributed by atoms with van der Waals surface area (Å²) in [5, 5.41) is 12.7. The third-order valence-corrected chi connectivity index (χ3v) is 5.63. The summed E-state index contributed by atoms with van der Waals surface area (Å²) in [7, 11) is 0. The van der Waals surface area contributed by atoms with Crippen LogP contribution in [0, 0.1) is 12.7 Å². The lowest BCUT2D eigenvalue weighted by Gasteiger charge is -2.24. The Kier molecular flexibility index (Phi) is 5.23. The number of Topliss-reactive ketones (excluding diaryl/α,β-unsaturated/α-hetero) is 1. The molecule has 0 aliphatic carbocycles. The molecule has 2 heterocycles. The van der Waals surface area contributed by atoms with Gasteiger partial charge < -0.3 is 10.0 Å². The number of aliphatic hydroxyl groups is 1. The van der Waals surface area contributed by atoms with Crippen molar-refractivity contribution in [2.24, 2.45) is 0 Å². The molecule has 136 valence electrons. The fourth-order valence-electron chi connectivity index (χ4n) is 3.14. The second-order valence-electron chi connectivity index (χ2n) is 6.32. The number of amides is 1. The van der Waals surface area contributed by atoms with E-state index in [2.05, 4.69) is 0 Å². The van der Waals surface area contributed by atoms with Crippen molar-refractivity contribution >= 4 is 28.8 Å². The van der Waals surface area contributed by atoms with Gasteiger partial charge >= 0.3 is 0 Å². The third-order valence-electron chi connectivity index (χ3n) is 4.56. The second kappa shape index (κ2) is 7.41. The number of nitrogens with zero attached hydrogens (tertiary/aromatic N) is 1. The van der Waals surface area contributed by atoms with Crippen molar-refractivity contribution < 1.29 is 19.1 Å². The number of halogens is 1. The van der Waals surface area contributed by atoms with Crippen LogP contribution in [-0.4, -0.2) is 28.2 Å². The summed E-state index contributed by atoms with van der Waals surface area (Å²) >= 11 is 1.46. The molecule has 1 aromatic heterocycles. The Labute approximate surface area is 155 Å². The summed E-state index contributed by atoms with van der Waals surface area (Å²) in [6.07, 6.45) is 1.65. The molecule has 1 fully saturated rings. The van der Waals surface area contributed by atoms with Crippen LogP contribution in [0.25, 0.3) is 5.76 Å². The van der Waals surface area contributed by atoms with Gasteiger partial charge in [-0.25, -0.2) is 4.39 Å². The number of likely N-dealkylation sites (tertiary alicyclic amines) is 1. The van der Waals surface area contributed by atoms with Gasteiger partial charge in [-0.1, -0.05) is 13.3 Å². The Morgan fingerprint density at radius 2 is 1.92 bits per heavy atom. The van der Waals surface area contributed by atoms with E-state index in [0.717, 1.165) is 23.3 Å². The number of benzene rings is 1. The standard InChI is InChI=1S/C20H20FNO3S/c1-3-4-10-22-16(19-12(2)9-11-26-19)15(18(24)20(22)25)17(23)13-5-7-14(21)8-6-13/h5-9,11,16,23H,3-4,10H2,1-2H3/b17-15-. The molecule has 1 aromatic carbocycles. The Balaban J connectivity index is 2.15. The van der Waals surface area contributed by atoms with Crippen LogP contribution in [0.5, 0.6) is 0 Å². The van der Waals surface area contributed by atoms with Gasteiger partial charge in [-0.2, -0.15) is 0 Å². The summed E-state index contributed by atoms with van der Waals surface area (Å²) < 4.78 is 13.2. The Bertz CT molecular complexity index is 869. The average molecular weight is 373 g/mol.